The van der Waals surface area contributed by atoms with Gasteiger partial charge in [0.1, 0.15) is 0 Å². The number of allylic oxidation sites excluding steroid dienone is 2. The van der Waals surface area contributed by atoms with Crippen LogP contribution in [-0.4, -0.2) is 8.07 Å². The number of rotatable bonds is 1. The SMILES string of the molecule is C[Si](C)(C)/C1=C\CCCCCCCCCC1. The van der Waals surface area contributed by atoms with Gasteiger partial charge in [-0.05, 0) is 25.7 Å². The van der Waals surface area contributed by atoms with Gasteiger partial charge in [-0.25, -0.2) is 0 Å². The van der Waals surface area contributed by atoms with Crippen LogP contribution in [0.25, 0.3) is 0 Å². The summed E-state index contributed by atoms with van der Waals surface area (Å²) in [5, 5.41) is 1.84. The summed E-state index contributed by atoms with van der Waals surface area (Å²) in [5.74, 6) is 0. The molecule has 0 atom stereocenters. The predicted molar refractivity (Wildman–Crippen MR) is 77.6 cm³/mol. The number of hydrogen-bond donors (Lipinski definition) is 0. The van der Waals surface area contributed by atoms with E-state index in [1.165, 1.54) is 64.2 Å². The minimum Gasteiger partial charge on any atom is -0.0892 e. The van der Waals surface area contributed by atoms with E-state index in [4.69, 9.17) is 0 Å². The summed E-state index contributed by atoms with van der Waals surface area (Å²) in [6.45, 7) is 7.51. The van der Waals surface area contributed by atoms with Gasteiger partial charge >= 0.3 is 0 Å². The Kier molecular flexibility index (Phi) is 6.41. The molecule has 0 heterocycles. The molecule has 0 unspecified atom stereocenters. The Morgan fingerprint density at radius 2 is 1.25 bits per heavy atom. The highest BCUT2D eigenvalue weighted by molar-refractivity contribution is 6.83. The van der Waals surface area contributed by atoms with Crippen molar-refractivity contribution in [2.45, 2.75) is 83.8 Å². The van der Waals surface area contributed by atoms with Crippen LogP contribution in [0, 0.1) is 0 Å². The van der Waals surface area contributed by atoms with Crippen molar-refractivity contribution in [2.75, 3.05) is 0 Å². The van der Waals surface area contributed by atoms with Gasteiger partial charge in [0.2, 0.25) is 0 Å². The van der Waals surface area contributed by atoms with Gasteiger partial charge in [0.05, 0.1) is 8.07 Å². The molecule has 0 N–H and O–H groups in total. The van der Waals surface area contributed by atoms with E-state index in [9.17, 15) is 0 Å². The first-order valence-corrected chi connectivity index (χ1v) is 10.8. The van der Waals surface area contributed by atoms with Crippen molar-refractivity contribution >= 4 is 8.07 Å². The predicted octanol–water partition coefficient (Wildman–Crippen LogP) is 5.70. The third kappa shape index (κ3) is 5.88. The lowest BCUT2D eigenvalue weighted by atomic mass is 10.0. The van der Waals surface area contributed by atoms with Crippen molar-refractivity contribution in [2.24, 2.45) is 0 Å². The molecule has 0 spiro atoms. The van der Waals surface area contributed by atoms with Crippen LogP contribution in [0.5, 0.6) is 0 Å². The van der Waals surface area contributed by atoms with E-state index in [2.05, 4.69) is 25.7 Å². The summed E-state index contributed by atoms with van der Waals surface area (Å²) < 4.78 is 0. The first-order chi connectivity index (χ1) is 7.61. The Balaban J connectivity index is 2.50. The molecule has 16 heavy (non-hydrogen) atoms. The summed E-state index contributed by atoms with van der Waals surface area (Å²) in [6.07, 6.45) is 17.0. The maximum atomic E-state index is 2.60. The second kappa shape index (κ2) is 7.32. The lowest BCUT2D eigenvalue weighted by Crippen LogP contribution is -2.24. The molecule has 1 aliphatic carbocycles. The van der Waals surface area contributed by atoms with Gasteiger partial charge in [-0.15, -0.1) is 0 Å². The minimum absolute atomic E-state index is 1.02. The maximum absolute atomic E-state index is 2.60. The third-order valence-electron chi connectivity index (χ3n) is 3.75. The van der Waals surface area contributed by atoms with Crippen LogP contribution in [0.2, 0.25) is 19.6 Å². The van der Waals surface area contributed by atoms with Gasteiger partial charge in [0.25, 0.3) is 0 Å². The van der Waals surface area contributed by atoms with E-state index >= 15 is 0 Å². The highest BCUT2D eigenvalue weighted by Gasteiger charge is 2.18. The van der Waals surface area contributed by atoms with Crippen molar-refractivity contribution < 1.29 is 0 Å². The van der Waals surface area contributed by atoms with Gasteiger partial charge in [-0.1, -0.05) is 69.4 Å². The third-order valence-corrected chi connectivity index (χ3v) is 6.14. The molecule has 0 saturated heterocycles. The molecule has 0 aromatic carbocycles. The fourth-order valence-corrected chi connectivity index (χ4v) is 4.26. The normalized spacial score (nSPS) is 25.1. The molecule has 0 bridgehead atoms. The minimum atomic E-state index is -1.02. The smallest absolute Gasteiger partial charge is 0.0720 e. The van der Waals surface area contributed by atoms with E-state index in [-0.39, 0.29) is 0 Å². The molecule has 0 nitrogen and oxygen atoms in total. The molecule has 1 rings (SSSR count). The van der Waals surface area contributed by atoms with Crippen LogP contribution in [0.4, 0.5) is 0 Å². The molecule has 0 radical (unpaired) electrons. The highest BCUT2D eigenvalue weighted by atomic mass is 28.3. The second-order valence-electron chi connectivity index (χ2n) is 6.35. The van der Waals surface area contributed by atoms with Crippen molar-refractivity contribution in [3.05, 3.63) is 11.3 Å². The fourth-order valence-electron chi connectivity index (χ4n) is 2.58. The first kappa shape index (κ1) is 14.0. The molecule has 1 aliphatic rings. The van der Waals surface area contributed by atoms with Gasteiger partial charge in [0, 0.05) is 0 Å². The van der Waals surface area contributed by atoms with Crippen LogP contribution < -0.4 is 0 Å². The molecular weight excluding hydrogens is 208 g/mol. The Bertz CT molecular complexity index is 210. The maximum Gasteiger partial charge on any atom is 0.0720 e. The van der Waals surface area contributed by atoms with E-state index < -0.39 is 8.07 Å². The zero-order valence-corrected chi connectivity index (χ0v) is 12.6. The Hall–Kier alpha value is -0.0431. The van der Waals surface area contributed by atoms with E-state index in [1.54, 1.807) is 0 Å². The average Bonchev–Trinajstić information content (AvgIpc) is 2.16. The number of hydrogen-bond acceptors (Lipinski definition) is 0. The zero-order valence-electron chi connectivity index (χ0n) is 11.6. The van der Waals surface area contributed by atoms with Gasteiger partial charge < -0.3 is 0 Å². The van der Waals surface area contributed by atoms with E-state index in [1.807, 2.05) is 5.20 Å². The summed E-state index contributed by atoms with van der Waals surface area (Å²) in [6, 6.07) is 0. The monoisotopic (exact) mass is 238 g/mol. The van der Waals surface area contributed by atoms with Crippen molar-refractivity contribution in [3.63, 3.8) is 0 Å². The topological polar surface area (TPSA) is 0 Å². The standard InChI is InChI=1S/C15H30Si/c1-16(2,3)15-13-11-9-7-5-4-6-8-10-12-14-15/h13H,4-12,14H2,1-3H3/b15-13-. The Labute approximate surface area is 104 Å². The summed E-state index contributed by atoms with van der Waals surface area (Å²) in [4.78, 5) is 0. The van der Waals surface area contributed by atoms with Gasteiger partial charge in [0.15, 0.2) is 0 Å². The molecule has 0 aromatic heterocycles. The van der Waals surface area contributed by atoms with Crippen LogP contribution in [0.3, 0.4) is 0 Å². The molecule has 94 valence electrons. The van der Waals surface area contributed by atoms with Crippen molar-refractivity contribution in [1.82, 2.24) is 0 Å². The zero-order chi connectivity index (χ0) is 11.9. The molecule has 0 fully saturated rings. The lowest BCUT2D eigenvalue weighted by Gasteiger charge is -2.21. The second-order valence-corrected chi connectivity index (χ2v) is 11.5. The molecule has 0 aliphatic heterocycles. The van der Waals surface area contributed by atoms with Crippen LogP contribution in [0.1, 0.15) is 64.2 Å². The summed E-state index contributed by atoms with van der Waals surface area (Å²) >= 11 is 0. The van der Waals surface area contributed by atoms with Gasteiger partial charge in [-0.2, -0.15) is 0 Å². The fraction of sp³-hybridized carbons (Fsp3) is 0.867. The van der Waals surface area contributed by atoms with Crippen molar-refractivity contribution in [3.8, 4) is 0 Å². The molecule has 1 heteroatoms. The van der Waals surface area contributed by atoms with E-state index in [0.717, 1.165) is 0 Å². The van der Waals surface area contributed by atoms with Crippen LogP contribution in [0.15, 0.2) is 11.3 Å². The van der Waals surface area contributed by atoms with Gasteiger partial charge in [-0.3, -0.25) is 0 Å². The molecule has 0 amide bonds. The molecule has 0 saturated carbocycles. The average molecular weight is 238 g/mol. The van der Waals surface area contributed by atoms with Crippen LogP contribution >= 0.6 is 0 Å². The molecular formula is C15H30Si. The molecule has 0 aromatic rings. The Morgan fingerprint density at radius 1 is 0.750 bits per heavy atom. The quantitative estimate of drug-likeness (QED) is 0.514. The van der Waals surface area contributed by atoms with Crippen molar-refractivity contribution in [1.29, 1.82) is 0 Å². The van der Waals surface area contributed by atoms with E-state index in [0.29, 0.717) is 0 Å². The lowest BCUT2D eigenvalue weighted by molar-refractivity contribution is 0.565. The highest BCUT2D eigenvalue weighted by Crippen LogP contribution is 2.23. The first-order valence-electron chi connectivity index (χ1n) is 7.30. The van der Waals surface area contributed by atoms with Crippen LogP contribution in [-0.2, 0) is 0 Å². The largest absolute Gasteiger partial charge is 0.0892 e. The summed E-state index contributed by atoms with van der Waals surface area (Å²) in [7, 11) is -1.02. The Morgan fingerprint density at radius 3 is 1.81 bits per heavy atom. The summed E-state index contributed by atoms with van der Waals surface area (Å²) in [5.41, 5.74) is 0.